The van der Waals surface area contributed by atoms with Crippen molar-refractivity contribution in [2.24, 2.45) is 0 Å². The third kappa shape index (κ3) is 33.1. The molecule has 0 aromatic rings. The number of aliphatic hydroxyl groups is 1. The van der Waals surface area contributed by atoms with Gasteiger partial charge in [-0.15, -0.1) is 0 Å². The third-order valence-electron chi connectivity index (χ3n) is 7.57. The predicted octanol–water partition coefficient (Wildman–Crippen LogP) is 10.6. The maximum Gasteiger partial charge on any atom is 0.219 e. The Hall–Kier alpha value is -0.830. The van der Waals surface area contributed by atoms with Crippen LogP contribution in [0, 0.1) is 0 Å². The van der Waals surface area contributed by atoms with Crippen LogP contribution in [0.3, 0.4) is 0 Å². The van der Waals surface area contributed by atoms with E-state index in [0.29, 0.717) is 13.0 Å². The van der Waals surface area contributed by atoms with Crippen molar-refractivity contribution in [2.45, 2.75) is 187 Å². The van der Waals surface area contributed by atoms with Crippen LogP contribution in [-0.2, 0) is 4.79 Å². The second-order valence-corrected chi connectivity index (χ2v) is 11.4. The largest absolute Gasteiger partial charge is 0.396 e. The van der Waals surface area contributed by atoms with E-state index in [1.807, 2.05) is 0 Å². The topological polar surface area (TPSA) is 49.3 Å². The van der Waals surface area contributed by atoms with E-state index in [-0.39, 0.29) is 5.91 Å². The van der Waals surface area contributed by atoms with Gasteiger partial charge in [-0.05, 0) is 44.9 Å². The number of aliphatic hydroxyl groups excluding tert-OH is 1. The average Bonchev–Trinajstić information content (AvgIpc) is 2.90. The van der Waals surface area contributed by atoms with E-state index in [1.54, 1.807) is 0 Å². The number of amides is 1. The van der Waals surface area contributed by atoms with Crippen LogP contribution in [0.25, 0.3) is 0 Å². The molecule has 0 rings (SSSR count). The lowest BCUT2D eigenvalue weighted by atomic mass is 10.0. The van der Waals surface area contributed by atoms with Crippen LogP contribution >= 0.6 is 0 Å². The number of carbonyl (C=O) groups excluding carboxylic acids is 1. The van der Waals surface area contributed by atoms with Gasteiger partial charge in [-0.2, -0.15) is 0 Å². The zero-order chi connectivity index (χ0) is 26.9. The second kappa shape index (κ2) is 33.2. The molecule has 0 fully saturated rings. The first-order chi connectivity index (χ1) is 18.3. The number of rotatable bonds is 31. The van der Waals surface area contributed by atoms with Crippen molar-refractivity contribution in [2.75, 3.05) is 13.2 Å². The summed E-state index contributed by atoms with van der Waals surface area (Å²) in [5.74, 6) is 0.256. The zero-order valence-corrected chi connectivity index (χ0v) is 25.2. The Kier molecular flexibility index (Phi) is 32.5. The van der Waals surface area contributed by atoms with Gasteiger partial charge < -0.3 is 10.4 Å². The van der Waals surface area contributed by atoms with E-state index in [1.165, 1.54) is 154 Å². The van der Waals surface area contributed by atoms with Crippen LogP contribution in [0.1, 0.15) is 187 Å². The zero-order valence-electron chi connectivity index (χ0n) is 25.2. The molecule has 0 aliphatic carbocycles. The lowest BCUT2D eigenvalue weighted by molar-refractivity contribution is -0.121. The van der Waals surface area contributed by atoms with Gasteiger partial charge in [-0.25, -0.2) is 0 Å². The highest BCUT2D eigenvalue weighted by Gasteiger charge is 2.01. The lowest BCUT2D eigenvalue weighted by Crippen LogP contribution is -2.23. The third-order valence-corrected chi connectivity index (χ3v) is 7.57. The Morgan fingerprint density at radius 1 is 0.514 bits per heavy atom. The van der Waals surface area contributed by atoms with Gasteiger partial charge >= 0.3 is 0 Å². The highest BCUT2D eigenvalue weighted by atomic mass is 16.2. The summed E-state index contributed by atoms with van der Waals surface area (Å²) >= 11 is 0. The average molecular weight is 522 g/mol. The van der Waals surface area contributed by atoms with Crippen molar-refractivity contribution >= 4 is 5.91 Å². The number of unbranched alkanes of at least 4 members (excludes halogenated alkanes) is 24. The Bertz CT molecular complexity index is 463. The second-order valence-electron chi connectivity index (χ2n) is 11.4. The minimum atomic E-state index is 0.256. The molecule has 0 aromatic heterocycles. The molecule has 220 valence electrons. The van der Waals surface area contributed by atoms with Gasteiger partial charge in [0, 0.05) is 19.6 Å². The van der Waals surface area contributed by atoms with Crippen molar-refractivity contribution in [3.8, 4) is 0 Å². The van der Waals surface area contributed by atoms with E-state index in [0.717, 1.165) is 25.8 Å². The summed E-state index contributed by atoms with van der Waals surface area (Å²) < 4.78 is 0. The molecule has 3 heteroatoms. The van der Waals surface area contributed by atoms with Crippen molar-refractivity contribution < 1.29 is 9.90 Å². The molecule has 2 N–H and O–H groups in total. The summed E-state index contributed by atoms with van der Waals surface area (Å²) in [6.07, 6.45) is 40.5. The molecule has 0 unspecified atom stereocenters. The molecule has 0 bridgehead atoms. The molecular formula is C34H67NO2. The quantitative estimate of drug-likeness (QED) is 0.0704. The number of nitrogens with one attached hydrogen (secondary N) is 1. The molecule has 3 nitrogen and oxygen atoms in total. The summed E-state index contributed by atoms with van der Waals surface area (Å²) in [4.78, 5) is 12.0. The minimum Gasteiger partial charge on any atom is -0.396 e. The molecule has 0 aliphatic rings. The standard InChI is InChI=1S/C34H67NO2/c1-2-3-4-5-6-7-8-9-10-11-14-17-20-23-26-29-32-35-34(37)31-28-25-22-19-16-13-12-15-18-21-24-27-30-33-36/h9-10,36H,2-8,11-33H2,1H3,(H,35,37). The molecule has 0 aliphatic heterocycles. The van der Waals surface area contributed by atoms with Crippen molar-refractivity contribution in [3.05, 3.63) is 12.2 Å². The van der Waals surface area contributed by atoms with Crippen LogP contribution in [0.4, 0.5) is 0 Å². The molecule has 0 aromatic carbocycles. The van der Waals surface area contributed by atoms with Gasteiger partial charge in [0.2, 0.25) is 5.91 Å². The fourth-order valence-corrected chi connectivity index (χ4v) is 5.03. The van der Waals surface area contributed by atoms with E-state index in [2.05, 4.69) is 24.4 Å². The Morgan fingerprint density at radius 2 is 0.892 bits per heavy atom. The summed E-state index contributed by atoms with van der Waals surface area (Å²) in [5.41, 5.74) is 0. The van der Waals surface area contributed by atoms with E-state index in [9.17, 15) is 4.79 Å². The first kappa shape index (κ1) is 36.2. The molecule has 0 atom stereocenters. The van der Waals surface area contributed by atoms with Gasteiger partial charge in [-0.3, -0.25) is 4.79 Å². The molecule has 37 heavy (non-hydrogen) atoms. The fraction of sp³-hybridized carbons (Fsp3) is 0.912. The normalized spacial score (nSPS) is 11.5. The molecule has 0 radical (unpaired) electrons. The first-order valence-electron chi connectivity index (χ1n) is 16.8. The van der Waals surface area contributed by atoms with Crippen LogP contribution in [0.5, 0.6) is 0 Å². The molecule has 0 spiro atoms. The molecule has 1 amide bonds. The summed E-state index contributed by atoms with van der Waals surface area (Å²) in [5, 5.41) is 11.9. The SMILES string of the molecule is CCCCCCCCC=CCCCCCCCCNC(=O)CCCCCCCCCCCCCCCO. The number of carbonyl (C=O) groups is 1. The highest BCUT2D eigenvalue weighted by Crippen LogP contribution is 2.13. The predicted molar refractivity (Wildman–Crippen MR) is 164 cm³/mol. The van der Waals surface area contributed by atoms with Crippen molar-refractivity contribution in [1.82, 2.24) is 5.32 Å². The Balaban J connectivity index is 3.18. The van der Waals surface area contributed by atoms with E-state index >= 15 is 0 Å². The maximum absolute atomic E-state index is 12.0. The van der Waals surface area contributed by atoms with Crippen LogP contribution in [0.15, 0.2) is 12.2 Å². The highest BCUT2D eigenvalue weighted by molar-refractivity contribution is 5.75. The fourth-order valence-electron chi connectivity index (χ4n) is 5.03. The van der Waals surface area contributed by atoms with Gasteiger partial charge in [0.05, 0.1) is 0 Å². The van der Waals surface area contributed by atoms with Gasteiger partial charge in [-0.1, -0.05) is 147 Å². The van der Waals surface area contributed by atoms with Crippen LogP contribution in [0.2, 0.25) is 0 Å². The Morgan fingerprint density at radius 3 is 1.35 bits per heavy atom. The molecule has 0 saturated heterocycles. The number of allylic oxidation sites excluding steroid dienone is 2. The molecule has 0 heterocycles. The van der Waals surface area contributed by atoms with E-state index in [4.69, 9.17) is 5.11 Å². The minimum absolute atomic E-state index is 0.256. The lowest BCUT2D eigenvalue weighted by Gasteiger charge is -2.06. The van der Waals surface area contributed by atoms with Gasteiger partial charge in [0.1, 0.15) is 0 Å². The van der Waals surface area contributed by atoms with Gasteiger partial charge in [0.25, 0.3) is 0 Å². The smallest absolute Gasteiger partial charge is 0.219 e. The van der Waals surface area contributed by atoms with Crippen LogP contribution in [-0.4, -0.2) is 24.2 Å². The molecular weight excluding hydrogens is 454 g/mol. The number of hydrogen-bond donors (Lipinski definition) is 2. The van der Waals surface area contributed by atoms with Gasteiger partial charge in [0.15, 0.2) is 0 Å². The summed E-state index contributed by atoms with van der Waals surface area (Å²) in [7, 11) is 0. The Labute approximate surface area is 233 Å². The summed E-state index contributed by atoms with van der Waals surface area (Å²) in [6, 6.07) is 0. The maximum atomic E-state index is 12.0. The van der Waals surface area contributed by atoms with Crippen molar-refractivity contribution in [3.63, 3.8) is 0 Å². The monoisotopic (exact) mass is 522 g/mol. The van der Waals surface area contributed by atoms with Crippen LogP contribution < -0.4 is 5.32 Å². The molecule has 0 saturated carbocycles. The number of hydrogen-bond acceptors (Lipinski definition) is 2. The first-order valence-corrected chi connectivity index (χ1v) is 16.8. The van der Waals surface area contributed by atoms with Crippen molar-refractivity contribution in [1.29, 1.82) is 0 Å². The summed E-state index contributed by atoms with van der Waals surface area (Å²) in [6.45, 7) is 3.49. The van der Waals surface area contributed by atoms with E-state index < -0.39 is 0 Å².